The molecule has 1 aromatic heterocycles. The predicted octanol–water partition coefficient (Wildman–Crippen LogP) is 3.78. The average molecular weight is 417 g/mol. The summed E-state index contributed by atoms with van der Waals surface area (Å²) in [5.41, 5.74) is 1.09. The van der Waals surface area contributed by atoms with Crippen LogP contribution in [0.5, 0.6) is 11.6 Å². The van der Waals surface area contributed by atoms with Crippen LogP contribution in [0.1, 0.15) is 15.9 Å². The number of methoxy groups -OCH3 is 2. The Kier molecular flexibility index (Phi) is 6.29. The Bertz CT molecular complexity index is 1100. The summed E-state index contributed by atoms with van der Waals surface area (Å²) in [5.74, 6) is 0.0995. The molecule has 0 N–H and O–H groups in total. The van der Waals surface area contributed by atoms with Crippen LogP contribution in [0.15, 0.2) is 53.3 Å². The lowest BCUT2D eigenvalue weighted by Crippen LogP contribution is -2.24. The number of benzene rings is 2. The van der Waals surface area contributed by atoms with E-state index in [-0.39, 0.29) is 29.1 Å². The number of aromatic nitrogens is 2. The lowest BCUT2D eigenvalue weighted by atomic mass is 9.98. The number of carbonyl (C=O) groups excluding carboxylic acids is 1. The fraction of sp³-hybridized carbons (Fsp3) is 0.190. The van der Waals surface area contributed by atoms with Crippen LogP contribution in [0, 0.1) is 0 Å². The van der Waals surface area contributed by atoms with Crippen LogP contribution in [0.25, 0.3) is 11.1 Å². The molecule has 0 saturated heterocycles. The molecule has 0 amide bonds. The van der Waals surface area contributed by atoms with Crippen molar-refractivity contribution < 1.29 is 18.7 Å². The van der Waals surface area contributed by atoms with Crippen molar-refractivity contribution in [3.63, 3.8) is 0 Å². The van der Waals surface area contributed by atoms with Gasteiger partial charge in [0.15, 0.2) is 12.5 Å². The van der Waals surface area contributed by atoms with Gasteiger partial charge in [0.25, 0.3) is 5.56 Å². The molecule has 8 heteroatoms. The highest BCUT2D eigenvalue weighted by Crippen LogP contribution is 2.32. The van der Waals surface area contributed by atoms with Crippen molar-refractivity contribution in [2.45, 2.75) is 6.54 Å². The molecule has 0 aliphatic heterocycles. The molecule has 0 unspecified atom stereocenters. The Labute approximate surface area is 171 Å². The number of nitrogens with zero attached hydrogens (tertiary/aromatic N) is 2. The molecule has 0 aliphatic carbocycles. The molecule has 29 heavy (non-hydrogen) atoms. The van der Waals surface area contributed by atoms with E-state index >= 15 is 0 Å². The van der Waals surface area contributed by atoms with Crippen molar-refractivity contribution >= 4 is 17.4 Å². The molecule has 3 rings (SSSR count). The van der Waals surface area contributed by atoms with Gasteiger partial charge in [0.1, 0.15) is 5.75 Å². The maximum Gasteiger partial charge on any atom is 0.267 e. The Balaban J connectivity index is 2.07. The number of alkyl halides is 1. The molecule has 2 aromatic carbocycles. The average Bonchev–Trinajstić information content (AvgIpc) is 2.74. The highest BCUT2D eigenvalue weighted by Gasteiger charge is 2.19. The minimum absolute atomic E-state index is 0.101. The van der Waals surface area contributed by atoms with Gasteiger partial charge in [-0.2, -0.15) is 0 Å². The fourth-order valence-electron chi connectivity index (χ4n) is 2.89. The Morgan fingerprint density at radius 3 is 2.41 bits per heavy atom. The normalized spacial score (nSPS) is 10.6. The van der Waals surface area contributed by atoms with Crippen LogP contribution in [0.2, 0.25) is 5.02 Å². The number of halogens is 2. The molecule has 0 fully saturated rings. The molecule has 0 saturated carbocycles. The van der Waals surface area contributed by atoms with Crippen molar-refractivity contribution in [3.8, 4) is 22.8 Å². The van der Waals surface area contributed by atoms with Crippen molar-refractivity contribution in [1.29, 1.82) is 0 Å². The second-order valence-electron chi connectivity index (χ2n) is 6.16. The third-order valence-electron chi connectivity index (χ3n) is 4.34. The van der Waals surface area contributed by atoms with E-state index in [2.05, 4.69) is 5.10 Å². The quantitative estimate of drug-likeness (QED) is 0.548. The van der Waals surface area contributed by atoms with Crippen molar-refractivity contribution in [2.24, 2.45) is 0 Å². The molecule has 0 spiro atoms. The number of carbonyl (C=O) groups is 1. The maximum absolute atomic E-state index is 13.0. The van der Waals surface area contributed by atoms with Gasteiger partial charge in [-0.1, -0.05) is 23.7 Å². The summed E-state index contributed by atoms with van der Waals surface area (Å²) in [4.78, 5) is 24.7. The highest BCUT2D eigenvalue weighted by atomic mass is 35.5. The first-order valence-electron chi connectivity index (χ1n) is 8.65. The third kappa shape index (κ3) is 4.46. The molecule has 150 valence electrons. The molecular formula is C21H18ClFN2O4. The summed E-state index contributed by atoms with van der Waals surface area (Å²) in [7, 11) is 2.97. The van der Waals surface area contributed by atoms with Crippen molar-refractivity contribution in [1.82, 2.24) is 9.78 Å². The van der Waals surface area contributed by atoms with Gasteiger partial charge in [0.2, 0.25) is 5.88 Å². The van der Waals surface area contributed by atoms with Gasteiger partial charge in [-0.15, -0.1) is 5.10 Å². The summed E-state index contributed by atoms with van der Waals surface area (Å²) < 4.78 is 24.7. The molecule has 0 atom stereocenters. The standard InChI is InChI=1S/C21H18ClFN2O4/c1-28-15-6-3-13(4-7-15)12-25-20(27)10-18(21(24-25)29-2)17-9-14(22)5-8-16(17)19(26)11-23/h3-10H,11-12H2,1-2H3. The summed E-state index contributed by atoms with van der Waals surface area (Å²) in [6.45, 7) is -0.954. The van der Waals surface area contributed by atoms with Gasteiger partial charge < -0.3 is 9.47 Å². The molecule has 0 aliphatic rings. The first-order chi connectivity index (χ1) is 14.0. The van der Waals surface area contributed by atoms with E-state index in [1.807, 2.05) is 12.1 Å². The van der Waals surface area contributed by atoms with Crippen LogP contribution in [0.4, 0.5) is 4.39 Å². The fourth-order valence-corrected chi connectivity index (χ4v) is 3.06. The van der Waals surface area contributed by atoms with Crippen LogP contribution in [0.3, 0.4) is 0 Å². The molecular weight excluding hydrogens is 399 g/mol. The summed E-state index contributed by atoms with van der Waals surface area (Å²) >= 11 is 6.05. The van der Waals surface area contributed by atoms with Crippen LogP contribution in [-0.2, 0) is 6.54 Å². The van der Waals surface area contributed by atoms with E-state index in [4.69, 9.17) is 21.1 Å². The van der Waals surface area contributed by atoms with E-state index in [0.717, 1.165) is 5.56 Å². The summed E-state index contributed by atoms with van der Waals surface area (Å²) in [5, 5.41) is 4.60. The van der Waals surface area contributed by atoms with Gasteiger partial charge in [0, 0.05) is 16.7 Å². The predicted molar refractivity (Wildman–Crippen MR) is 108 cm³/mol. The van der Waals surface area contributed by atoms with Gasteiger partial charge in [-0.25, -0.2) is 9.07 Å². The van der Waals surface area contributed by atoms with E-state index in [0.29, 0.717) is 10.8 Å². The minimum atomic E-state index is -1.17. The van der Waals surface area contributed by atoms with Crippen LogP contribution >= 0.6 is 11.6 Å². The zero-order valence-electron chi connectivity index (χ0n) is 15.8. The van der Waals surface area contributed by atoms with E-state index in [9.17, 15) is 14.0 Å². The van der Waals surface area contributed by atoms with Crippen LogP contribution < -0.4 is 15.0 Å². The number of hydrogen-bond acceptors (Lipinski definition) is 5. The minimum Gasteiger partial charge on any atom is -0.497 e. The topological polar surface area (TPSA) is 70.4 Å². The first-order valence-corrected chi connectivity index (χ1v) is 9.02. The lowest BCUT2D eigenvalue weighted by molar-refractivity contribution is 0.0959. The summed E-state index contributed by atoms with van der Waals surface area (Å²) in [6.07, 6.45) is 0. The second-order valence-corrected chi connectivity index (χ2v) is 6.59. The molecule has 0 radical (unpaired) electrons. The first kappa shape index (κ1) is 20.5. The summed E-state index contributed by atoms with van der Waals surface area (Å²) in [6, 6.07) is 12.9. The highest BCUT2D eigenvalue weighted by molar-refractivity contribution is 6.31. The van der Waals surface area contributed by atoms with Gasteiger partial charge in [0.05, 0.1) is 26.3 Å². The van der Waals surface area contributed by atoms with E-state index in [1.165, 1.54) is 36.1 Å². The number of ether oxygens (including phenoxy) is 2. The van der Waals surface area contributed by atoms with Gasteiger partial charge in [-0.3, -0.25) is 9.59 Å². The largest absolute Gasteiger partial charge is 0.497 e. The number of Topliss-reactive ketones (excluding diaryl/α,β-unsaturated/α-hetero) is 1. The Morgan fingerprint density at radius 1 is 1.07 bits per heavy atom. The van der Waals surface area contributed by atoms with E-state index < -0.39 is 18.0 Å². The third-order valence-corrected chi connectivity index (χ3v) is 4.58. The maximum atomic E-state index is 13.0. The zero-order valence-corrected chi connectivity index (χ0v) is 16.6. The molecule has 3 aromatic rings. The molecule has 6 nitrogen and oxygen atoms in total. The van der Waals surface area contributed by atoms with Crippen LogP contribution in [-0.4, -0.2) is 36.5 Å². The molecule has 1 heterocycles. The zero-order chi connectivity index (χ0) is 21.0. The lowest BCUT2D eigenvalue weighted by Gasteiger charge is -2.14. The SMILES string of the molecule is COc1ccc(Cn2nc(OC)c(-c3cc(Cl)ccc3C(=O)CF)cc2=O)cc1. The number of hydrogen-bond donors (Lipinski definition) is 0. The Hall–Kier alpha value is -3.19. The second kappa shape index (κ2) is 8.87. The monoisotopic (exact) mass is 416 g/mol. The smallest absolute Gasteiger partial charge is 0.267 e. The van der Waals surface area contributed by atoms with Gasteiger partial charge >= 0.3 is 0 Å². The van der Waals surface area contributed by atoms with Crippen molar-refractivity contribution in [3.05, 3.63) is 75.0 Å². The van der Waals surface area contributed by atoms with Crippen molar-refractivity contribution in [2.75, 3.05) is 20.9 Å². The number of rotatable bonds is 7. The van der Waals surface area contributed by atoms with Gasteiger partial charge in [-0.05, 0) is 41.5 Å². The number of ketones is 1. The molecule has 0 bridgehead atoms. The van der Waals surface area contributed by atoms with E-state index in [1.54, 1.807) is 19.2 Å². The Morgan fingerprint density at radius 2 is 1.79 bits per heavy atom.